The van der Waals surface area contributed by atoms with E-state index < -0.39 is 6.09 Å². The van der Waals surface area contributed by atoms with Gasteiger partial charge in [0.1, 0.15) is 0 Å². The van der Waals surface area contributed by atoms with Gasteiger partial charge in [-0.3, -0.25) is 10.1 Å². The zero-order chi connectivity index (χ0) is 21.5. The van der Waals surface area contributed by atoms with Crippen LogP contribution in [-0.2, 0) is 17.8 Å². The average molecular weight is 404 g/mol. The molecule has 3 aromatic rings. The first-order valence-corrected chi connectivity index (χ1v) is 9.65. The fourth-order valence-corrected chi connectivity index (χ4v) is 3.27. The number of amides is 2. The molecule has 0 fully saturated rings. The number of nitrogens with one attached hydrogen (secondary N) is 2. The van der Waals surface area contributed by atoms with Crippen molar-refractivity contribution in [3.05, 3.63) is 83.4 Å². The number of aliphatic hydroxyl groups excluding tert-OH is 1. The molecule has 0 spiro atoms. The van der Waals surface area contributed by atoms with E-state index in [4.69, 9.17) is 0 Å². The lowest BCUT2D eigenvalue weighted by Gasteiger charge is -2.12. The van der Waals surface area contributed by atoms with Crippen LogP contribution in [0.5, 0.6) is 0 Å². The Morgan fingerprint density at radius 1 is 0.933 bits per heavy atom. The minimum absolute atomic E-state index is 0.0360. The predicted molar refractivity (Wildman–Crippen MR) is 118 cm³/mol. The van der Waals surface area contributed by atoms with E-state index in [1.54, 1.807) is 18.2 Å². The van der Waals surface area contributed by atoms with E-state index in [0.29, 0.717) is 17.8 Å². The lowest BCUT2D eigenvalue weighted by molar-refractivity contribution is -0.116. The Morgan fingerprint density at radius 2 is 1.70 bits per heavy atom. The van der Waals surface area contributed by atoms with Crippen LogP contribution in [0.3, 0.4) is 0 Å². The highest BCUT2D eigenvalue weighted by atomic mass is 16.4. The Kier molecular flexibility index (Phi) is 6.83. The monoisotopic (exact) mass is 404 g/mol. The molecule has 0 radical (unpaired) electrons. The molecule has 0 aromatic heterocycles. The minimum atomic E-state index is -1.14. The molecule has 0 bridgehead atoms. The van der Waals surface area contributed by atoms with Crippen molar-refractivity contribution in [1.29, 1.82) is 0 Å². The molecule has 0 aliphatic heterocycles. The molecule has 3 aromatic carbocycles. The number of anilines is 2. The smallest absolute Gasteiger partial charge is 0.409 e. The first-order chi connectivity index (χ1) is 14.5. The summed E-state index contributed by atoms with van der Waals surface area (Å²) in [6.45, 7) is 1.85. The maximum atomic E-state index is 12.3. The zero-order valence-corrected chi connectivity index (χ0v) is 16.7. The van der Waals surface area contributed by atoms with Crippen LogP contribution in [0.25, 0.3) is 11.1 Å². The summed E-state index contributed by atoms with van der Waals surface area (Å²) in [7, 11) is 0. The number of carbonyl (C=O) groups excluding carboxylic acids is 1. The molecule has 6 heteroatoms. The van der Waals surface area contributed by atoms with Crippen molar-refractivity contribution in [3.8, 4) is 11.1 Å². The molecule has 0 aliphatic rings. The SMILES string of the molecule is Cc1cc(NC(=O)CCc2ccc(-c3ccccc3)c(NC(=O)O)c2)ccc1CO. The van der Waals surface area contributed by atoms with Crippen molar-refractivity contribution in [2.24, 2.45) is 0 Å². The Balaban J connectivity index is 1.69. The third kappa shape index (κ3) is 5.46. The first kappa shape index (κ1) is 21.1. The fraction of sp³-hybridized carbons (Fsp3) is 0.167. The number of hydrogen-bond donors (Lipinski definition) is 4. The number of carbonyl (C=O) groups is 2. The largest absolute Gasteiger partial charge is 0.465 e. The van der Waals surface area contributed by atoms with Gasteiger partial charge in [0.25, 0.3) is 0 Å². The summed E-state index contributed by atoms with van der Waals surface area (Å²) in [4.78, 5) is 23.5. The van der Waals surface area contributed by atoms with Gasteiger partial charge < -0.3 is 15.5 Å². The van der Waals surface area contributed by atoms with Crippen LogP contribution >= 0.6 is 0 Å². The van der Waals surface area contributed by atoms with E-state index in [2.05, 4.69) is 10.6 Å². The van der Waals surface area contributed by atoms with Gasteiger partial charge in [0, 0.05) is 17.7 Å². The highest BCUT2D eigenvalue weighted by molar-refractivity contribution is 5.92. The molecule has 0 saturated carbocycles. The van der Waals surface area contributed by atoms with Crippen molar-refractivity contribution in [3.63, 3.8) is 0 Å². The van der Waals surface area contributed by atoms with Gasteiger partial charge >= 0.3 is 6.09 Å². The van der Waals surface area contributed by atoms with Crippen LogP contribution < -0.4 is 10.6 Å². The number of aliphatic hydroxyl groups is 1. The Hall–Kier alpha value is -3.64. The summed E-state index contributed by atoms with van der Waals surface area (Å²) >= 11 is 0. The summed E-state index contributed by atoms with van der Waals surface area (Å²) < 4.78 is 0. The topological polar surface area (TPSA) is 98.7 Å². The summed E-state index contributed by atoms with van der Waals surface area (Å²) in [5, 5.41) is 23.7. The molecule has 2 amide bonds. The molecule has 154 valence electrons. The predicted octanol–water partition coefficient (Wildman–Crippen LogP) is 4.82. The van der Waals surface area contributed by atoms with Crippen LogP contribution in [-0.4, -0.2) is 22.2 Å². The van der Waals surface area contributed by atoms with Crippen molar-refractivity contribution in [2.45, 2.75) is 26.4 Å². The third-order valence-corrected chi connectivity index (χ3v) is 4.85. The second-order valence-electron chi connectivity index (χ2n) is 7.02. The highest BCUT2D eigenvalue weighted by Gasteiger charge is 2.11. The highest BCUT2D eigenvalue weighted by Crippen LogP contribution is 2.29. The summed E-state index contributed by atoms with van der Waals surface area (Å²) in [5.41, 5.74) is 5.46. The van der Waals surface area contributed by atoms with Gasteiger partial charge in [-0.1, -0.05) is 48.5 Å². The first-order valence-electron chi connectivity index (χ1n) is 9.65. The maximum absolute atomic E-state index is 12.3. The molecule has 0 saturated heterocycles. The molecule has 0 atom stereocenters. The summed E-state index contributed by atoms with van der Waals surface area (Å²) in [5.74, 6) is -0.133. The van der Waals surface area contributed by atoms with Gasteiger partial charge in [-0.25, -0.2) is 4.79 Å². The number of rotatable bonds is 7. The minimum Gasteiger partial charge on any atom is -0.465 e. The van der Waals surface area contributed by atoms with Gasteiger partial charge in [-0.15, -0.1) is 0 Å². The third-order valence-electron chi connectivity index (χ3n) is 4.85. The van der Waals surface area contributed by atoms with Crippen molar-refractivity contribution in [1.82, 2.24) is 0 Å². The van der Waals surface area contributed by atoms with Gasteiger partial charge in [0.05, 0.1) is 12.3 Å². The van der Waals surface area contributed by atoms with Crippen molar-refractivity contribution in [2.75, 3.05) is 10.6 Å². The Morgan fingerprint density at radius 3 is 2.37 bits per heavy atom. The lowest BCUT2D eigenvalue weighted by atomic mass is 9.99. The number of carboxylic acid groups (broad SMARTS) is 1. The van der Waals surface area contributed by atoms with Crippen LogP contribution in [0, 0.1) is 6.92 Å². The molecule has 0 unspecified atom stereocenters. The molecule has 0 aliphatic carbocycles. The summed E-state index contributed by atoms with van der Waals surface area (Å²) in [6.07, 6.45) is -0.398. The van der Waals surface area contributed by atoms with E-state index >= 15 is 0 Å². The van der Waals surface area contributed by atoms with Gasteiger partial charge in [0.15, 0.2) is 0 Å². The fourth-order valence-electron chi connectivity index (χ4n) is 3.27. The van der Waals surface area contributed by atoms with E-state index in [1.165, 1.54) is 0 Å². The number of benzene rings is 3. The Labute approximate surface area is 175 Å². The molecule has 4 N–H and O–H groups in total. The maximum Gasteiger partial charge on any atom is 0.409 e. The van der Waals surface area contributed by atoms with Crippen LogP contribution in [0.4, 0.5) is 16.2 Å². The van der Waals surface area contributed by atoms with E-state index in [-0.39, 0.29) is 18.9 Å². The number of hydrogen-bond acceptors (Lipinski definition) is 3. The van der Waals surface area contributed by atoms with Gasteiger partial charge in [-0.2, -0.15) is 0 Å². The van der Waals surface area contributed by atoms with Gasteiger partial charge in [0.2, 0.25) is 5.91 Å². The van der Waals surface area contributed by atoms with Crippen LogP contribution in [0.2, 0.25) is 0 Å². The molecule has 0 heterocycles. The average Bonchev–Trinajstić information content (AvgIpc) is 2.73. The molecule has 3 rings (SSSR count). The van der Waals surface area contributed by atoms with E-state index in [9.17, 15) is 19.8 Å². The molecule has 30 heavy (non-hydrogen) atoms. The van der Waals surface area contributed by atoms with Gasteiger partial charge in [-0.05, 0) is 53.8 Å². The lowest BCUT2D eigenvalue weighted by Crippen LogP contribution is -2.13. The van der Waals surface area contributed by atoms with Crippen molar-refractivity contribution < 1.29 is 19.8 Å². The molecule has 6 nitrogen and oxygen atoms in total. The quantitative estimate of drug-likeness (QED) is 0.454. The van der Waals surface area contributed by atoms with Crippen molar-refractivity contribution >= 4 is 23.4 Å². The Bertz CT molecular complexity index is 1050. The normalized spacial score (nSPS) is 10.5. The second kappa shape index (κ2) is 9.71. The summed E-state index contributed by atoms with van der Waals surface area (Å²) in [6, 6.07) is 20.4. The molecular formula is C24H24N2O4. The number of aryl methyl sites for hydroxylation is 2. The van der Waals surface area contributed by atoms with E-state index in [1.807, 2.05) is 55.5 Å². The van der Waals surface area contributed by atoms with Crippen LogP contribution in [0.15, 0.2) is 66.7 Å². The van der Waals surface area contributed by atoms with Crippen LogP contribution in [0.1, 0.15) is 23.1 Å². The van der Waals surface area contributed by atoms with E-state index in [0.717, 1.165) is 27.8 Å². The second-order valence-corrected chi connectivity index (χ2v) is 7.02. The standard InChI is InChI=1S/C24H24N2O4/c1-16-13-20(10-9-19(16)15-27)25-23(28)12-8-17-7-11-21(18-5-3-2-4-6-18)22(14-17)26-24(29)30/h2-7,9-11,13-14,26-27H,8,12,15H2,1H3,(H,25,28)(H,29,30). The molecular weight excluding hydrogens is 380 g/mol. The zero-order valence-electron chi connectivity index (χ0n) is 16.7.